The van der Waals surface area contributed by atoms with Crippen LogP contribution in [0.1, 0.15) is 53.8 Å². The van der Waals surface area contributed by atoms with Gasteiger partial charge in [-0.25, -0.2) is 0 Å². The fraction of sp³-hybridized carbons (Fsp3) is 0.391. The topological polar surface area (TPSA) is 142 Å². The average Bonchev–Trinajstić information content (AvgIpc) is 2.84. The highest BCUT2D eigenvalue weighted by molar-refractivity contribution is 5.97. The van der Waals surface area contributed by atoms with Crippen LogP contribution >= 0.6 is 0 Å². The summed E-state index contributed by atoms with van der Waals surface area (Å²) in [7, 11) is 0. The molecule has 0 aliphatic rings. The molecular weight excluding hydrogens is 424 g/mol. The first-order valence-corrected chi connectivity index (χ1v) is 10.9. The summed E-state index contributed by atoms with van der Waals surface area (Å²) in [6.07, 6.45) is 8.34. The van der Waals surface area contributed by atoms with Crippen LogP contribution in [0, 0.1) is 0 Å². The number of nitrogens with one attached hydrogen (secondary N) is 4. The molecule has 0 aromatic carbocycles. The molecule has 0 aliphatic carbocycles. The van der Waals surface area contributed by atoms with Gasteiger partial charge in [0.1, 0.15) is 12.1 Å². The Morgan fingerprint density at radius 1 is 0.667 bits per heavy atom. The van der Waals surface area contributed by atoms with Crippen LogP contribution in [-0.4, -0.2) is 58.8 Å². The van der Waals surface area contributed by atoms with Crippen molar-refractivity contribution in [1.29, 1.82) is 0 Å². The zero-order valence-corrected chi connectivity index (χ0v) is 18.8. The van der Waals surface area contributed by atoms with Gasteiger partial charge in [0.05, 0.1) is 0 Å². The van der Waals surface area contributed by atoms with Crippen LogP contribution in [0.2, 0.25) is 0 Å². The summed E-state index contributed by atoms with van der Waals surface area (Å²) in [5, 5.41) is 10.9. The summed E-state index contributed by atoms with van der Waals surface area (Å²) < 4.78 is 0. The van der Waals surface area contributed by atoms with Crippen LogP contribution in [-0.2, 0) is 9.59 Å². The van der Waals surface area contributed by atoms with Crippen LogP contribution in [0.4, 0.5) is 0 Å². The number of amides is 4. The van der Waals surface area contributed by atoms with E-state index in [-0.39, 0.29) is 23.6 Å². The highest BCUT2D eigenvalue weighted by Crippen LogP contribution is 1.99. The van der Waals surface area contributed by atoms with E-state index in [9.17, 15) is 19.2 Å². The molecule has 2 heterocycles. The van der Waals surface area contributed by atoms with Crippen LogP contribution in [0.15, 0.2) is 49.1 Å². The van der Waals surface area contributed by atoms with E-state index in [1.54, 1.807) is 38.1 Å². The minimum Gasteiger partial charge on any atom is -0.354 e. The number of hydrogen-bond acceptors (Lipinski definition) is 6. The summed E-state index contributed by atoms with van der Waals surface area (Å²) in [6.45, 7) is 4.19. The molecule has 4 amide bonds. The maximum atomic E-state index is 12.1. The predicted octanol–water partition coefficient (Wildman–Crippen LogP) is 0.816. The maximum absolute atomic E-state index is 12.1. The molecule has 176 valence electrons. The molecule has 0 bridgehead atoms. The van der Waals surface area contributed by atoms with Gasteiger partial charge in [0.25, 0.3) is 11.8 Å². The molecule has 0 aliphatic heterocycles. The fourth-order valence-electron chi connectivity index (χ4n) is 2.85. The molecule has 0 spiro atoms. The Bertz CT molecular complexity index is 848. The van der Waals surface area contributed by atoms with Crippen LogP contribution in [0.5, 0.6) is 0 Å². The molecule has 0 fully saturated rings. The van der Waals surface area contributed by atoms with Crippen molar-refractivity contribution in [2.75, 3.05) is 13.1 Å². The largest absolute Gasteiger partial charge is 0.354 e. The minimum atomic E-state index is -0.659. The van der Waals surface area contributed by atoms with Gasteiger partial charge in [-0.05, 0) is 57.4 Å². The molecule has 33 heavy (non-hydrogen) atoms. The summed E-state index contributed by atoms with van der Waals surface area (Å²) in [6, 6.07) is 4.99. The van der Waals surface area contributed by atoms with E-state index in [2.05, 4.69) is 31.2 Å². The molecule has 2 atom stereocenters. The summed E-state index contributed by atoms with van der Waals surface area (Å²) in [5.74, 6) is -1.18. The molecule has 10 heteroatoms. The minimum absolute atomic E-state index is 0.260. The van der Waals surface area contributed by atoms with E-state index in [0.717, 1.165) is 19.3 Å². The zero-order chi connectivity index (χ0) is 24.1. The van der Waals surface area contributed by atoms with Gasteiger partial charge in [0, 0.05) is 49.0 Å². The lowest BCUT2D eigenvalue weighted by atomic mass is 10.2. The van der Waals surface area contributed by atoms with Crippen LogP contribution in [0.25, 0.3) is 0 Å². The number of carbonyl (C=O) groups excluding carboxylic acids is 4. The Morgan fingerprint density at radius 2 is 1.03 bits per heavy atom. The molecule has 0 radical (unpaired) electrons. The van der Waals surface area contributed by atoms with Crippen molar-refractivity contribution in [3.05, 3.63) is 60.2 Å². The van der Waals surface area contributed by atoms with Crippen molar-refractivity contribution in [3.63, 3.8) is 0 Å². The molecule has 0 unspecified atom stereocenters. The third kappa shape index (κ3) is 9.06. The second-order valence-electron chi connectivity index (χ2n) is 7.50. The number of carbonyl (C=O) groups is 4. The van der Waals surface area contributed by atoms with Gasteiger partial charge >= 0.3 is 0 Å². The molecule has 10 nitrogen and oxygen atoms in total. The zero-order valence-electron chi connectivity index (χ0n) is 18.8. The van der Waals surface area contributed by atoms with Gasteiger partial charge in [0.2, 0.25) is 11.8 Å². The third-order valence-electron chi connectivity index (χ3n) is 4.82. The van der Waals surface area contributed by atoms with Crippen molar-refractivity contribution in [2.24, 2.45) is 0 Å². The van der Waals surface area contributed by atoms with Crippen molar-refractivity contribution < 1.29 is 19.2 Å². The number of aromatic nitrogens is 2. The van der Waals surface area contributed by atoms with Gasteiger partial charge in [-0.15, -0.1) is 0 Å². The lowest BCUT2D eigenvalue weighted by Gasteiger charge is -2.15. The molecule has 0 saturated heterocycles. The third-order valence-corrected chi connectivity index (χ3v) is 4.82. The van der Waals surface area contributed by atoms with E-state index in [4.69, 9.17) is 0 Å². The molecule has 0 saturated carbocycles. The van der Waals surface area contributed by atoms with Gasteiger partial charge < -0.3 is 21.3 Å². The Balaban J connectivity index is 1.54. The number of hydrogen-bond donors (Lipinski definition) is 4. The average molecular weight is 455 g/mol. The van der Waals surface area contributed by atoms with Crippen molar-refractivity contribution in [3.8, 4) is 0 Å². The molecule has 2 rings (SSSR count). The van der Waals surface area contributed by atoms with Crippen LogP contribution in [0.3, 0.4) is 0 Å². The van der Waals surface area contributed by atoms with E-state index in [0.29, 0.717) is 24.2 Å². The monoisotopic (exact) mass is 454 g/mol. The first-order chi connectivity index (χ1) is 15.9. The SMILES string of the molecule is C[C@H](NC(=O)c1ccncc1)C(=O)NCCCCCNC(=O)[C@H](C)NC(=O)c1ccncc1. The molecular formula is C23H30N6O4. The second kappa shape index (κ2) is 13.6. The van der Waals surface area contributed by atoms with Crippen LogP contribution < -0.4 is 21.3 Å². The lowest BCUT2D eigenvalue weighted by molar-refractivity contribution is -0.123. The quantitative estimate of drug-likeness (QED) is 0.350. The van der Waals surface area contributed by atoms with E-state index < -0.39 is 12.1 Å². The summed E-state index contributed by atoms with van der Waals surface area (Å²) in [4.78, 5) is 56.1. The highest BCUT2D eigenvalue weighted by Gasteiger charge is 2.17. The van der Waals surface area contributed by atoms with E-state index >= 15 is 0 Å². The number of unbranched alkanes of at least 4 members (excludes halogenated alkanes) is 2. The number of pyridine rings is 2. The van der Waals surface area contributed by atoms with Gasteiger partial charge in [-0.3, -0.25) is 29.1 Å². The summed E-state index contributed by atoms with van der Waals surface area (Å²) >= 11 is 0. The van der Waals surface area contributed by atoms with Gasteiger partial charge in [-0.2, -0.15) is 0 Å². The van der Waals surface area contributed by atoms with Crippen molar-refractivity contribution in [1.82, 2.24) is 31.2 Å². The lowest BCUT2D eigenvalue weighted by Crippen LogP contribution is -2.45. The predicted molar refractivity (Wildman–Crippen MR) is 122 cm³/mol. The van der Waals surface area contributed by atoms with Crippen molar-refractivity contribution in [2.45, 2.75) is 45.2 Å². The standard InChI is InChI=1S/C23H30N6O4/c1-16(28-22(32)18-6-12-24-13-7-18)20(30)26-10-4-3-5-11-27-21(31)17(2)29-23(33)19-8-14-25-15-9-19/h6-9,12-17H,3-5,10-11H2,1-2H3,(H,26,30)(H,27,31)(H,28,32)(H,29,33)/t16-,17-/m0/s1. The Hall–Kier alpha value is -3.82. The van der Waals surface area contributed by atoms with Crippen molar-refractivity contribution >= 4 is 23.6 Å². The second-order valence-corrected chi connectivity index (χ2v) is 7.50. The fourth-order valence-corrected chi connectivity index (χ4v) is 2.85. The molecule has 2 aromatic heterocycles. The molecule has 2 aromatic rings. The smallest absolute Gasteiger partial charge is 0.252 e. The Labute approximate surface area is 193 Å². The summed E-state index contributed by atoms with van der Waals surface area (Å²) in [5.41, 5.74) is 0.885. The maximum Gasteiger partial charge on any atom is 0.252 e. The normalized spacial score (nSPS) is 12.2. The highest BCUT2D eigenvalue weighted by atomic mass is 16.2. The first-order valence-electron chi connectivity index (χ1n) is 10.9. The number of nitrogens with zero attached hydrogens (tertiary/aromatic N) is 2. The van der Waals surface area contributed by atoms with Gasteiger partial charge in [0.15, 0.2) is 0 Å². The van der Waals surface area contributed by atoms with E-state index in [1.807, 2.05) is 0 Å². The Morgan fingerprint density at radius 3 is 1.39 bits per heavy atom. The number of rotatable bonds is 12. The van der Waals surface area contributed by atoms with Gasteiger partial charge in [-0.1, -0.05) is 0 Å². The molecule has 4 N–H and O–H groups in total. The first kappa shape index (κ1) is 25.4. The van der Waals surface area contributed by atoms with E-state index in [1.165, 1.54) is 24.8 Å². The Kier molecular flexibility index (Phi) is 10.5.